The lowest BCUT2D eigenvalue weighted by Gasteiger charge is -2.04. The molecule has 0 radical (unpaired) electrons. The smallest absolute Gasteiger partial charge is 0.357 e. The minimum Gasteiger partial charge on any atom is -0.464 e. The highest BCUT2D eigenvalue weighted by Gasteiger charge is 2.27. The molecule has 22 heavy (non-hydrogen) atoms. The number of rotatable bonds is 4. The predicted molar refractivity (Wildman–Crippen MR) is 81.7 cm³/mol. The molecule has 0 saturated heterocycles. The monoisotopic (exact) mass is 315 g/mol. The average molecular weight is 315 g/mol. The quantitative estimate of drug-likeness (QED) is 0.745. The molecular weight excluding hydrogens is 302 g/mol. The maximum Gasteiger partial charge on any atom is 0.357 e. The van der Waals surface area contributed by atoms with Crippen LogP contribution in [-0.4, -0.2) is 31.8 Å². The van der Waals surface area contributed by atoms with Gasteiger partial charge in [-0.25, -0.2) is 14.8 Å². The second-order valence-corrected chi connectivity index (χ2v) is 5.92. The number of carbonyl (C=O) groups is 1. The van der Waals surface area contributed by atoms with E-state index in [2.05, 4.69) is 28.8 Å². The number of hydrogen-bond acceptors (Lipinski definition) is 7. The number of imidazole rings is 1. The Kier molecular flexibility index (Phi) is 3.04. The van der Waals surface area contributed by atoms with Gasteiger partial charge in [0.15, 0.2) is 17.2 Å². The number of ether oxygens (including phenoxy) is 1. The molecular formula is C14H13N5O2S. The Balaban J connectivity index is 1.66. The standard InChI is InChI=1S/C14H13N5O2S/c1-21-14(20)9-6-11(22-18-9)17-12-13-16-7-10(8-2-3-8)19(13)5-4-15-12/h4-8H,2-3H2,1H3,(H,15,17). The van der Waals surface area contributed by atoms with Crippen LogP contribution in [0.3, 0.4) is 0 Å². The molecule has 3 heterocycles. The molecule has 0 aromatic carbocycles. The van der Waals surface area contributed by atoms with Crippen molar-refractivity contribution in [3.63, 3.8) is 0 Å². The van der Waals surface area contributed by atoms with Crippen molar-refractivity contribution in [1.82, 2.24) is 18.7 Å². The van der Waals surface area contributed by atoms with Crippen molar-refractivity contribution in [1.29, 1.82) is 0 Å². The predicted octanol–water partition coefficient (Wildman–Crippen LogP) is 2.59. The molecule has 7 nitrogen and oxygen atoms in total. The highest BCUT2D eigenvalue weighted by atomic mass is 32.1. The van der Waals surface area contributed by atoms with E-state index in [1.54, 1.807) is 12.3 Å². The summed E-state index contributed by atoms with van der Waals surface area (Å²) >= 11 is 1.18. The molecule has 3 aromatic rings. The summed E-state index contributed by atoms with van der Waals surface area (Å²) in [7, 11) is 1.33. The maximum absolute atomic E-state index is 11.4. The lowest BCUT2D eigenvalue weighted by Crippen LogP contribution is -2.01. The second-order valence-electron chi connectivity index (χ2n) is 5.12. The Hall–Kier alpha value is -2.48. The van der Waals surface area contributed by atoms with Gasteiger partial charge in [0.2, 0.25) is 0 Å². The first-order chi connectivity index (χ1) is 10.8. The first kappa shape index (κ1) is 13.2. The Morgan fingerprint density at radius 2 is 2.32 bits per heavy atom. The Morgan fingerprint density at radius 1 is 1.45 bits per heavy atom. The Labute approximate surface area is 130 Å². The second kappa shape index (κ2) is 5.06. The molecule has 3 aromatic heterocycles. The number of methoxy groups -OCH3 is 1. The van der Waals surface area contributed by atoms with Gasteiger partial charge >= 0.3 is 5.97 Å². The fraction of sp³-hybridized carbons (Fsp3) is 0.286. The fourth-order valence-electron chi connectivity index (χ4n) is 2.36. The molecule has 0 aliphatic heterocycles. The summed E-state index contributed by atoms with van der Waals surface area (Å²) in [6.07, 6.45) is 8.01. The lowest BCUT2D eigenvalue weighted by atomic mass is 10.3. The van der Waals surface area contributed by atoms with E-state index in [0.717, 1.165) is 10.6 Å². The molecule has 0 amide bonds. The highest BCUT2D eigenvalue weighted by molar-refractivity contribution is 7.10. The van der Waals surface area contributed by atoms with Gasteiger partial charge in [-0.05, 0) is 24.4 Å². The summed E-state index contributed by atoms with van der Waals surface area (Å²) in [5.74, 6) is 0.807. The third-order valence-corrected chi connectivity index (χ3v) is 4.30. The van der Waals surface area contributed by atoms with Crippen molar-refractivity contribution in [2.24, 2.45) is 0 Å². The van der Waals surface area contributed by atoms with Gasteiger partial charge in [0.05, 0.1) is 7.11 Å². The largest absolute Gasteiger partial charge is 0.464 e. The molecule has 1 aliphatic rings. The summed E-state index contributed by atoms with van der Waals surface area (Å²) in [5.41, 5.74) is 2.28. The number of hydrogen-bond donors (Lipinski definition) is 1. The minimum absolute atomic E-state index is 0.281. The number of anilines is 2. The van der Waals surface area contributed by atoms with Crippen LogP contribution in [0.15, 0.2) is 24.7 Å². The third-order valence-electron chi connectivity index (χ3n) is 3.60. The van der Waals surface area contributed by atoms with Crippen molar-refractivity contribution >= 4 is 34.0 Å². The minimum atomic E-state index is -0.452. The van der Waals surface area contributed by atoms with Crippen LogP contribution < -0.4 is 5.32 Å². The van der Waals surface area contributed by atoms with Crippen LogP contribution in [0.1, 0.15) is 34.9 Å². The number of esters is 1. The van der Waals surface area contributed by atoms with Gasteiger partial charge in [-0.1, -0.05) is 0 Å². The van der Waals surface area contributed by atoms with Crippen LogP contribution >= 0.6 is 11.5 Å². The zero-order valence-corrected chi connectivity index (χ0v) is 12.6. The van der Waals surface area contributed by atoms with E-state index in [9.17, 15) is 4.79 Å². The van der Waals surface area contributed by atoms with Crippen LogP contribution in [0, 0.1) is 0 Å². The molecule has 0 unspecified atom stereocenters. The summed E-state index contributed by atoms with van der Waals surface area (Å²) in [5, 5.41) is 3.89. The Morgan fingerprint density at radius 3 is 3.09 bits per heavy atom. The molecule has 1 fully saturated rings. The molecule has 0 atom stereocenters. The first-order valence-electron chi connectivity index (χ1n) is 6.90. The van der Waals surface area contributed by atoms with Gasteiger partial charge in [0.1, 0.15) is 5.00 Å². The molecule has 8 heteroatoms. The molecule has 112 valence electrons. The molecule has 1 saturated carbocycles. The van der Waals surface area contributed by atoms with Crippen LogP contribution in [0.2, 0.25) is 0 Å². The molecule has 4 rings (SSSR count). The topological polar surface area (TPSA) is 81.4 Å². The van der Waals surface area contributed by atoms with E-state index in [1.807, 2.05) is 12.4 Å². The molecule has 1 aliphatic carbocycles. The number of nitrogens with one attached hydrogen (secondary N) is 1. The van der Waals surface area contributed by atoms with Gasteiger partial charge < -0.3 is 10.1 Å². The normalized spacial score (nSPS) is 14.2. The Bertz CT molecular complexity index is 852. The van der Waals surface area contributed by atoms with E-state index in [4.69, 9.17) is 0 Å². The van der Waals surface area contributed by atoms with Gasteiger partial charge in [0, 0.05) is 36.3 Å². The SMILES string of the molecule is COC(=O)c1cc(Nc2nccn3c(C4CC4)cnc23)sn1. The van der Waals surface area contributed by atoms with E-state index in [1.165, 1.54) is 37.2 Å². The fourth-order valence-corrected chi connectivity index (χ4v) is 2.99. The summed E-state index contributed by atoms with van der Waals surface area (Å²) < 4.78 is 10.8. The van der Waals surface area contributed by atoms with E-state index >= 15 is 0 Å². The molecule has 0 spiro atoms. The van der Waals surface area contributed by atoms with Gasteiger partial charge in [0.25, 0.3) is 0 Å². The first-order valence-corrected chi connectivity index (χ1v) is 7.67. The van der Waals surface area contributed by atoms with Crippen molar-refractivity contribution in [2.45, 2.75) is 18.8 Å². The number of carbonyl (C=O) groups excluding carboxylic acids is 1. The average Bonchev–Trinajstić information content (AvgIpc) is 3.11. The zero-order chi connectivity index (χ0) is 15.1. The highest BCUT2D eigenvalue weighted by Crippen LogP contribution is 2.40. The van der Waals surface area contributed by atoms with Gasteiger partial charge in [-0.2, -0.15) is 4.37 Å². The number of fused-ring (bicyclic) bond motifs is 1. The van der Waals surface area contributed by atoms with E-state index < -0.39 is 5.97 Å². The summed E-state index contributed by atoms with van der Waals surface area (Å²) in [6.45, 7) is 0. The van der Waals surface area contributed by atoms with Crippen LogP contribution in [0.5, 0.6) is 0 Å². The number of aromatic nitrogens is 4. The van der Waals surface area contributed by atoms with Crippen molar-refractivity contribution in [2.75, 3.05) is 12.4 Å². The summed E-state index contributed by atoms with van der Waals surface area (Å²) in [6, 6.07) is 1.65. The van der Waals surface area contributed by atoms with Crippen LogP contribution in [0.4, 0.5) is 10.8 Å². The molecule has 0 bridgehead atoms. The third kappa shape index (κ3) is 2.21. The lowest BCUT2D eigenvalue weighted by molar-refractivity contribution is 0.0595. The summed E-state index contributed by atoms with van der Waals surface area (Å²) in [4.78, 5) is 20.2. The van der Waals surface area contributed by atoms with Crippen molar-refractivity contribution in [3.8, 4) is 0 Å². The van der Waals surface area contributed by atoms with Gasteiger partial charge in [-0.3, -0.25) is 4.40 Å². The maximum atomic E-state index is 11.4. The van der Waals surface area contributed by atoms with Crippen molar-refractivity contribution in [3.05, 3.63) is 36.0 Å². The van der Waals surface area contributed by atoms with Crippen molar-refractivity contribution < 1.29 is 9.53 Å². The molecule has 1 N–H and O–H groups in total. The van der Waals surface area contributed by atoms with Gasteiger partial charge in [-0.15, -0.1) is 0 Å². The van der Waals surface area contributed by atoms with E-state index in [0.29, 0.717) is 11.7 Å². The van der Waals surface area contributed by atoms with Crippen LogP contribution in [-0.2, 0) is 4.74 Å². The van der Waals surface area contributed by atoms with E-state index in [-0.39, 0.29) is 5.69 Å². The zero-order valence-electron chi connectivity index (χ0n) is 11.8. The van der Waals surface area contributed by atoms with Crippen LogP contribution in [0.25, 0.3) is 5.65 Å². The number of nitrogens with zero attached hydrogens (tertiary/aromatic N) is 4.